The number of halogens is 1. The molecule has 0 unspecified atom stereocenters. The number of carbonyl (C=O) groups excluding carboxylic acids is 2. The molecule has 1 aliphatic heterocycles. The first-order valence-electron chi connectivity index (χ1n) is 6.27. The van der Waals surface area contributed by atoms with E-state index in [1.54, 1.807) is 24.7 Å². The maximum absolute atomic E-state index is 12.2. The number of benzene rings is 1. The van der Waals surface area contributed by atoms with Crippen molar-refractivity contribution in [3.05, 3.63) is 46.5 Å². The molecule has 0 saturated carbocycles. The van der Waals surface area contributed by atoms with Gasteiger partial charge in [0.2, 0.25) is 0 Å². The van der Waals surface area contributed by atoms with Crippen molar-refractivity contribution < 1.29 is 9.59 Å². The van der Waals surface area contributed by atoms with Crippen molar-refractivity contribution in [3.8, 4) is 0 Å². The molecule has 0 radical (unpaired) electrons. The quantitative estimate of drug-likeness (QED) is 0.810. The van der Waals surface area contributed by atoms with Gasteiger partial charge in [-0.05, 0) is 35.0 Å². The van der Waals surface area contributed by atoms with Crippen molar-refractivity contribution in [2.75, 3.05) is 4.90 Å². The Kier molecular flexibility index (Phi) is 3.17. The van der Waals surface area contributed by atoms with E-state index >= 15 is 0 Å². The fourth-order valence-corrected chi connectivity index (χ4v) is 2.92. The fraction of sp³-hybridized carbons (Fsp3) is 0.214. The lowest BCUT2D eigenvalue weighted by Crippen LogP contribution is -2.30. The third-order valence-electron chi connectivity index (χ3n) is 3.41. The van der Waals surface area contributed by atoms with Gasteiger partial charge in [0.15, 0.2) is 0 Å². The van der Waals surface area contributed by atoms with Crippen LogP contribution in [0.5, 0.6) is 0 Å². The van der Waals surface area contributed by atoms with Gasteiger partial charge in [0.25, 0.3) is 11.7 Å². The molecule has 0 atom stereocenters. The third kappa shape index (κ3) is 1.87. The van der Waals surface area contributed by atoms with Gasteiger partial charge in [0, 0.05) is 17.2 Å². The molecule has 2 heterocycles. The van der Waals surface area contributed by atoms with Crippen molar-refractivity contribution in [2.45, 2.75) is 20.0 Å². The fourth-order valence-electron chi connectivity index (χ4n) is 2.38. The van der Waals surface area contributed by atoms with Gasteiger partial charge >= 0.3 is 0 Å². The SMILES string of the molecule is CCn1cncc1CN1C(=O)C(=O)c2c(Br)cccc21. The highest BCUT2D eigenvalue weighted by molar-refractivity contribution is 9.10. The number of rotatable bonds is 3. The van der Waals surface area contributed by atoms with Gasteiger partial charge in [-0.2, -0.15) is 0 Å². The summed E-state index contributed by atoms with van der Waals surface area (Å²) in [5.41, 5.74) is 2.00. The summed E-state index contributed by atoms with van der Waals surface area (Å²) >= 11 is 3.33. The predicted octanol–water partition coefficient (Wildman–Crippen LogP) is 2.40. The summed E-state index contributed by atoms with van der Waals surface area (Å²) in [5.74, 6) is -0.953. The van der Waals surface area contributed by atoms with Crippen molar-refractivity contribution in [3.63, 3.8) is 0 Å². The lowest BCUT2D eigenvalue weighted by atomic mass is 10.1. The molecule has 0 bridgehead atoms. The van der Waals surface area contributed by atoms with Crippen molar-refractivity contribution >= 4 is 33.3 Å². The Labute approximate surface area is 124 Å². The van der Waals surface area contributed by atoms with Crippen molar-refractivity contribution in [1.82, 2.24) is 9.55 Å². The average Bonchev–Trinajstić information content (AvgIpc) is 2.98. The minimum Gasteiger partial charge on any atom is -0.333 e. The van der Waals surface area contributed by atoms with Gasteiger partial charge in [-0.1, -0.05) is 6.07 Å². The zero-order valence-electron chi connectivity index (χ0n) is 10.8. The molecule has 1 amide bonds. The van der Waals surface area contributed by atoms with E-state index in [-0.39, 0.29) is 0 Å². The second-order valence-electron chi connectivity index (χ2n) is 4.53. The van der Waals surface area contributed by atoms with Crippen LogP contribution >= 0.6 is 15.9 Å². The smallest absolute Gasteiger partial charge is 0.299 e. The number of anilines is 1. The monoisotopic (exact) mass is 333 g/mol. The number of nitrogens with zero attached hydrogens (tertiary/aromatic N) is 3. The van der Waals surface area contributed by atoms with Crippen LogP contribution in [-0.2, 0) is 17.9 Å². The summed E-state index contributed by atoms with van der Waals surface area (Å²) < 4.78 is 2.60. The van der Waals surface area contributed by atoms with Crippen molar-refractivity contribution in [2.24, 2.45) is 0 Å². The summed E-state index contributed by atoms with van der Waals surface area (Å²) in [4.78, 5) is 29.8. The molecule has 0 saturated heterocycles. The van der Waals surface area contributed by atoms with Crippen LogP contribution in [-0.4, -0.2) is 21.2 Å². The van der Waals surface area contributed by atoms with Crippen LogP contribution in [0.25, 0.3) is 0 Å². The van der Waals surface area contributed by atoms with Crippen LogP contribution in [0.1, 0.15) is 23.0 Å². The van der Waals surface area contributed by atoms with E-state index in [9.17, 15) is 9.59 Å². The molecule has 6 heteroatoms. The third-order valence-corrected chi connectivity index (χ3v) is 4.07. The average molecular weight is 334 g/mol. The van der Waals surface area contributed by atoms with Gasteiger partial charge in [0.1, 0.15) is 0 Å². The molecule has 102 valence electrons. The minimum atomic E-state index is -0.490. The number of ketones is 1. The Balaban J connectivity index is 2.02. The number of imidazole rings is 1. The Morgan fingerprint density at radius 1 is 1.30 bits per heavy atom. The number of hydrogen-bond acceptors (Lipinski definition) is 3. The molecule has 0 spiro atoms. The Morgan fingerprint density at radius 2 is 2.10 bits per heavy atom. The van der Waals surface area contributed by atoms with E-state index in [0.29, 0.717) is 22.3 Å². The number of fused-ring (bicyclic) bond motifs is 1. The molecule has 0 aliphatic carbocycles. The maximum atomic E-state index is 12.2. The van der Waals surface area contributed by atoms with E-state index in [0.717, 1.165) is 12.2 Å². The van der Waals surface area contributed by atoms with E-state index in [1.165, 1.54) is 4.90 Å². The Morgan fingerprint density at radius 3 is 2.85 bits per heavy atom. The van der Waals surface area contributed by atoms with E-state index in [1.807, 2.05) is 17.6 Å². The van der Waals surface area contributed by atoms with Crippen LogP contribution in [0.4, 0.5) is 5.69 Å². The highest BCUT2D eigenvalue weighted by atomic mass is 79.9. The lowest BCUT2D eigenvalue weighted by molar-refractivity contribution is -0.114. The Bertz CT molecular complexity index is 708. The maximum Gasteiger partial charge on any atom is 0.299 e. The van der Waals surface area contributed by atoms with Gasteiger partial charge < -0.3 is 4.57 Å². The molecule has 5 nitrogen and oxygen atoms in total. The van der Waals surface area contributed by atoms with E-state index in [4.69, 9.17) is 0 Å². The zero-order valence-corrected chi connectivity index (χ0v) is 12.4. The van der Waals surface area contributed by atoms with Gasteiger partial charge in [-0.25, -0.2) is 4.98 Å². The minimum absolute atomic E-state index is 0.349. The van der Waals surface area contributed by atoms with Crippen LogP contribution in [0.2, 0.25) is 0 Å². The first-order valence-corrected chi connectivity index (χ1v) is 7.06. The molecular formula is C14H12BrN3O2. The number of hydrogen-bond donors (Lipinski definition) is 0. The highest BCUT2D eigenvalue weighted by Crippen LogP contribution is 2.35. The molecule has 1 aliphatic rings. The summed E-state index contributed by atoms with van der Waals surface area (Å²) in [6.45, 7) is 3.13. The molecule has 2 aromatic rings. The molecule has 0 fully saturated rings. The standard InChI is InChI=1S/C14H12BrN3O2/c1-2-17-8-16-6-9(17)7-18-11-5-3-4-10(15)12(11)13(19)14(18)20/h3-6,8H,2,7H2,1H3. The molecule has 1 aromatic heterocycles. The summed E-state index contributed by atoms with van der Waals surface area (Å²) in [7, 11) is 0. The summed E-state index contributed by atoms with van der Waals surface area (Å²) in [6, 6.07) is 5.37. The van der Waals surface area contributed by atoms with E-state index < -0.39 is 11.7 Å². The molecule has 0 N–H and O–H groups in total. The normalized spacial score (nSPS) is 14.0. The largest absolute Gasteiger partial charge is 0.333 e. The lowest BCUT2D eigenvalue weighted by Gasteiger charge is -2.17. The van der Waals surface area contributed by atoms with Crippen LogP contribution in [0.15, 0.2) is 35.2 Å². The highest BCUT2D eigenvalue weighted by Gasteiger charge is 2.37. The van der Waals surface area contributed by atoms with Gasteiger partial charge in [-0.3, -0.25) is 14.5 Å². The summed E-state index contributed by atoms with van der Waals surface area (Å²) in [5, 5.41) is 0. The van der Waals surface area contributed by atoms with Gasteiger partial charge in [0.05, 0.1) is 29.8 Å². The van der Waals surface area contributed by atoms with Gasteiger partial charge in [-0.15, -0.1) is 0 Å². The predicted molar refractivity (Wildman–Crippen MR) is 77.6 cm³/mol. The second-order valence-corrected chi connectivity index (χ2v) is 5.38. The second kappa shape index (κ2) is 4.86. The molecule has 1 aromatic carbocycles. The number of aromatic nitrogens is 2. The molecule has 20 heavy (non-hydrogen) atoms. The molecule has 3 rings (SSSR count). The summed E-state index contributed by atoms with van der Waals surface area (Å²) in [6.07, 6.45) is 3.44. The molecular weight excluding hydrogens is 322 g/mol. The van der Waals surface area contributed by atoms with Crippen LogP contribution in [0.3, 0.4) is 0 Å². The number of amides is 1. The number of Topliss-reactive ketones (excluding diaryl/α,β-unsaturated/α-hetero) is 1. The van der Waals surface area contributed by atoms with Crippen LogP contribution in [0, 0.1) is 0 Å². The van der Waals surface area contributed by atoms with Crippen molar-refractivity contribution in [1.29, 1.82) is 0 Å². The first kappa shape index (κ1) is 13.1. The topological polar surface area (TPSA) is 55.2 Å². The first-order chi connectivity index (χ1) is 9.63. The van der Waals surface area contributed by atoms with E-state index in [2.05, 4.69) is 20.9 Å². The number of aryl methyl sites for hydroxylation is 1. The zero-order chi connectivity index (χ0) is 14.3. The Hall–Kier alpha value is -1.95. The van der Waals surface area contributed by atoms with Crippen LogP contribution < -0.4 is 4.90 Å². The number of carbonyl (C=O) groups is 2.